The number of aliphatic hydroxyl groups is 5. The Kier molecular flexibility index (Phi) is 2.91. The van der Waals surface area contributed by atoms with Crippen molar-refractivity contribution in [2.45, 2.75) is 37.1 Å². The summed E-state index contributed by atoms with van der Waals surface area (Å²) in [5.41, 5.74) is -1.88. The SMILES string of the molecule is C[C@@]1(O)[C@H](O)[C@@H](O)O[C@H](CO)[C@H]1O. The molecule has 0 aromatic rings. The van der Waals surface area contributed by atoms with E-state index in [1.807, 2.05) is 0 Å². The van der Waals surface area contributed by atoms with Crippen molar-refractivity contribution in [3.8, 4) is 0 Å². The third-order valence-corrected chi connectivity index (χ3v) is 2.31. The van der Waals surface area contributed by atoms with E-state index >= 15 is 0 Å². The molecule has 0 bridgehead atoms. The normalized spacial score (nSPS) is 52.2. The predicted molar refractivity (Wildman–Crippen MR) is 40.6 cm³/mol. The minimum Gasteiger partial charge on any atom is -0.394 e. The van der Waals surface area contributed by atoms with Gasteiger partial charge in [-0.2, -0.15) is 0 Å². The Bertz CT molecular complexity index is 182. The summed E-state index contributed by atoms with van der Waals surface area (Å²) in [6, 6.07) is 0. The van der Waals surface area contributed by atoms with E-state index in [2.05, 4.69) is 4.74 Å². The molecular weight excluding hydrogens is 180 g/mol. The van der Waals surface area contributed by atoms with Crippen LogP contribution in [0.5, 0.6) is 0 Å². The van der Waals surface area contributed by atoms with Crippen LogP contribution in [0.15, 0.2) is 0 Å². The first-order chi connectivity index (χ1) is 5.91. The van der Waals surface area contributed by atoms with Gasteiger partial charge in [-0.3, -0.25) is 0 Å². The van der Waals surface area contributed by atoms with Gasteiger partial charge in [-0.15, -0.1) is 0 Å². The van der Waals surface area contributed by atoms with Crippen molar-refractivity contribution in [2.24, 2.45) is 0 Å². The van der Waals surface area contributed by atoms with Crippen molar-refractivity contribution < 1.29 is 30.3 Å². The summed E-state index contributed by atoms with van der Waals surface area (Å²) in [7, 11) is 0. The van der Waals surface area contributed by atoms with Crippen molar-refractivity contribution in [2.75, 3.05) is 6.61 Å². The molecule has 0 aromatic heterocycles. The van der Waals surface area contributed by atoms with Gasteiger partial charge >= 0.3 is 0 Å². The second-order valence-electron chi connectivity index (χ2n) is 3.36. The van der Waals surface area contributed by atoms with Crippen LogP contribution >= 0.6 is 0 Å². The highest BCUT2D eigenvalue weighted by atomic mass is 16.6. The van der Waals surface area contributed by atoms with Gasteiger partial charge < -0.3 is 30.3 Å². The maximum atomic E-state index is 9.53. The molecule has 0 unspecified atom stereocenters. The Balaban J connectivity index is 2.82. The maximum absolute atomic E-state index is 9.53. The van der Waals surface area contributed by atoms with E-state index in [4.69, 9.17) is 10.2 Å². The zero-order valence-electron chi connectivity index (χ0n) is 7.16. The lowest BCUT2D eigenvalue weighted by atomic mass is 9.86. The summed E-state index contributed by atoms with van der Waals surface area (Å²) in [6.45, 7) is 0.623. The maximum Gasteiger partial charge on any atom is 0.184 e. The summed E-state index contributed by atoms with van der Waals surface area (Å²) >= 11 is 0. The molecule has 0 amide bonds. The molecule has 5 N–H and O–H groups in total. The van der Waals surface area contributed by atoms with Crippen LogP contribution in [-0.2, 0) is 4.74 Å². The second kappa shape index (κ2) is 3.49. The van der Waals surface area contributed by atoms with E-state index in [1.54, 1.807) is 0 Å². The summed E-state index contributed by atoms with van der Waals surface area (Å²) in [4.78, 5) is 0. The Hall–Kier alpha value is -0.240. The lowest BCUT2D eigenvalue weighted by molar-refractivity contribution is -0.316. The summed E-state index contributed by atoms with van der Waals surface area (Å²) in [5.74, 6) is 0. The van der Waals surface area contributed by atoms with Crippen LogP contribution in [0.1, 0.15) is 6.92 Å². The minimum absolute atomic E-state index is 0.541. The molecular formula is C7H14O6. The van der Waals surface area contributed by atoms with Crippen molar-refractivity contribution in [3.63, 3.8) is 0 Å². The van der Waals surface area contributed by atoms with Crippen LogP contribution in [0.4, 0.5) is 0 Å². The highest BCUT2D eigenvalue weighted by molar-refractivity contribution is 4.98. The lowest BCUT2D eigenvalue weighted by Gasteiger charge is -2.44. The van der Waals surface area contributed by atoms with Crippen molar-refractivity contribution >= 4 is 0 Å². The molecule has 6 heteroatoms. The molecule has 6 nitrogen and oxygen atoms in total. The van der Waals surface area contributed by atoms with Gasteiger partial charge in [-0.05, 0) is 6.92 Å². The van der Waals surface area contributed by atoms with E-state index in [9.17, 15) is 15.3 Å². The quantitative estimate of drug-likeness (QED) is 0.308. The monoisotopic (exact) mass is 194 g/mol. The fraction of sp³-hybridized carbons (Fsp3) is 1.00. The highest BCUT2D eigenvalue weighted by Crippen LogP contribution is 2.28. The van der Waals surface area contributed by atoms with Gasteiger partial charge in [0.2, 0.25) is 0 Å². The van der Waals surface area contributed by atoms with Crippen LogP contribution in [0, 0.1) is 0 Å². The zero-order chi connectivity index (χ0) is 10.2. The number of ether oxygens (including phenoxy) is 1. The zero-order valence-corrected chi connectivity index (χ0v) is 7.16. The first-order valence-corrected chi connectivity index (χ1v) is 3.94. The smallest absolute Gasteiger partial charge is 0.184 e. The van der Waals surface area contributed by atoms with E-state index in [0.29, 0.717) is 0 Å². The molecule has 1 aliphatic rings. The number of hydrogen-bond acceptors (Lipinski definition) is 6. The Morgan fingerprint density at radius 1 is 1.23 bits per heavy atom. The molecule has 1 fully saturated rings. The number of rotatable bonds is 1. The molecule has 0 saturated carbocycles. The van der Waals surface area contributed by atoms with E-state index < -0.39 is 36.8 Å². The molecule has 1 rings (SSSR count). The summed E-state index contributed by atoms with van der Waals surface area (Å²) in [5, 5.41) is 45.9. The largest absolute Gasteiger partial charge is 0.394 e. The first-order valence-electron chi connectivity index (χ1n) is 3.94. The van der Waals surface area contributed by atoms with Gasteiger partial charge in [-0.25, -0.2) is 0 Å². The van der Waals surface area contributed by atoms with Gasteiger partial charge in [0.15, 0.2) is 6.29 Å². The third-order valence-electron chi connectivity index (χ3n) is 2.31. The van der Waals surface area contributed by atoms with Gasteiger partial charge in [0.05, 0.1) is 6.61 Å². The Labute approximate surface area is 75.0 Å². The fourth-order valence-electron chi connectivity index (χ4n) is 1.31. The first kappa shape index (κ1) is 10.8. The molecule has 13 heavy (non-hydrogen) atoms. The van der Waals surface area contributed by atoms with E-state index in [-0.39, 0.29) is 0 Å². The molecule has 0 spiro atoms. The van der Waals surface area contributed by atoms with Gasteiger partial charge in [0.1, 0.15) is 23.9 Å². The van der Waals surface area contributed by atoms with Crippen LogP contribution < -0.4 is 0 Å². The van der Waals surface area contributed by atoms with Crippen LogP contribution in [0.2, 0.25) is 0 Å². The number of aliphatic hydroxyl groups excluding tert-OH is 4. The van der Waals surface area contributed by atoms with Crippen molar-refractivity contribution in [1.29, 1.82) is 0 Å². The van der Waals surface area contributed by atoms with Gasteiger partial charge in [0, 0.05) is 0 Å². The molecule has 0 radical (unpaired) electrons. The van der Waals surface area contributed by atoms with Crippen LogP contribution in [0.3, 0.4) is 0 Å². The predicted octanol–water partition coefficient (Wildman–Crippen LogP) is -2.83. The minimum atomic E-state index is -1.88. The van der Waals surface area contributed by atoms with Crippen molar-refractivity contribution in [1.82, 2.24) is 0 Å². The summed E-state index contributed by atoms with van der Waals surface area (Å²) < 4.78 is 4.64. The number of hydrogen-bond donors (Lipinski definition) is 5. The standard InChI is InChI=1S/C7H14O6/c1-7(12)4(9)3(2-8)13-6(11)5(7)10/h3-6,8-12H,2H2,1H3/t3-,4-,5-,6+,7+/m1/s1. The Morgan fingerprint density at radius 2 is 1.77 bits per heavy atom. The molecule has 0 aliphatic carbocycles. The van der Waals surface area contributed by atoms with Crippen LogP contribution in [0.25, 0.3) is 0 Å². The van der Waals surface area contributed by atoms with E-state index in [1.165, 1.54) is 0 Å². The average molecular weight is 194 g/mol. The molecule has 78 valence electrons. The fourth-order valence-corrected chi connectivity index (χ4v) is 1.31. The van der Waals surface area contributed by atoms with Crippen LogP contribution in [-0.4, -0.2) is 62.3 Å². The van der Waals surface area contributed by atoms with Gasteiger partial charge in [-0.1, -0.05) is 0 Å². The van der Waals surface area contributed by atoms with E-state index in [0.717, 1.165) is 6.92 Å². The highest BCUT2D eigenvalue weighted by Gasteiger charge is 2.51. The molecule has 1 heterocycles. The average Bonchev–Trinajstić information content (AvgIpc) is 2.09. The third kappa shape index (κ3) is 1.69. The van der Waals surface area contributed by atoms with Gasteiger partial charge in [0.25, 0.3) is 0 Å². The van der Waals surface area contributed by atoms with Crippen molar-refractivity contribution in [3.05, 3.63) is 0 Å². The Morgan fingerprint density at radius 3 is 2.23 bits per heavy atom. The second-order valence-corrected chi connectivity index (χ2v) is 3.36. The summed E-state index contributed by atoms with van der Waals surface area (Å²) in [6.07, 6.45) is -5.72. The molecule has 5 atom stereocenters. The topological polar surface area (TPSA) is 110 Å². The molecule has 0 aromatic carbocycles. The lowest BCUT2D eigenvalue weighted by Crippen LogP contribution is -2.65. The molecule has 1 aliphatic heterocycles. The molecule has 1 saturated heterocycles.